The van der Waals surface area contributed by atoms with Gasteiger partial charge in [0.1, 0.15) is 6.54 Å². The summed E-state index contributed by atoms with van der Waals surface area (Å²) in [7, 11) is 0. The number of hydrogen-bond donors (Lipinski definition) is 2. The van der Waals surface area contributed by atoms with Crippen LogP contribution in [-0.4, -0.2) is 64.3 Å². The lowest BCUT2D eigenvalue weighted by molar-refractivity contribution is -0.137. The Balaban J connectivity index is 2.56. The molecule has 0 spiro atoms. The van der Waals surface area contributed by atoms with Crippen LogP contribution in [0.4, 0.5) is 4.79 Å². The second-order valence-electron chi connectivity index (χ2n) is 4.91. The minimum absolute atomic E-state index is 0.219. The van der Waals surface area contributed by atoms with Gasteiger partial charge >= 0.3 is 12.0 Å². The molecule has 1 rings (SSSR count). The van der Waals surface area contributed by atoms with Crippen LogP contribution in [0, 0.1) is 5.92 Å². The van der Waals surface area contributed by atoms with Crippen LogP contribution in [0.2, 0.25) is 0 Å². The largest absolute Gasteiger partial charge is 0.480 e. The van der Waals surface area contributed by atoms with Crippen molar-refractivity contribution in [1.29, 1.82) is 0 Å². The number of carboxylic acid groups (broad SMARTS) is 1. The average Bonchev–Trinajstić information content (AvgIpc) is 2.37. The number of aliphatic carboxylic acids is 1. The molecule has 0 bridgehead atoms. The number of rotatable bonds is 5. The molecule has 0 aromatic heterocycles. The third-order valence-corrected chi connectivity index (χ3v) is 3.44. The van der Waals surface area contributed by atoms with Gasteiger partial charge < -0.3 is 20.0 Å². The molecular formula is C13H22N2O4. The Bertz CT molecular complexity index is 336. The zero-order valence-corrected chi connectivity index (χ0v) is 11.3. The first-order valence-corrected chi connectivity index (χ1v) is 6.50. The van der Waals surface area contributed by atoms with Crippen molar-refractivity contribution >= 4 is 12.0 Å². The van der Waals surface area contributed by atoms with Crippen molar-refractivity contribution in [2.24, 2.45) is 5.92 Å². The number of carbonyl (C=O) groups excluding carboxylic acids is 1. The molecule has 1 aliphatic rings. The molecule has 108 valence electrons. The normalized spacial score (nSPS) is 17.9. The van der Waals surface area contributed by atoms with Crippen LogP contribution in [0.1, 0.15) is 19.8 Å². The molecule has 2 N–H and O–H groups in total. The van der Waals surface area contributed by atoms with E-state index >= 15 is 0 Å². The van der Waals surface area contributed by atoms with Crippen LogP contribution in [0.25, 0.3) is 0 Å². The molecule has 1 saturated heterocycles. The number of hydrogen-bond acceptors (Lipinski definition) is 3. The monoisotopic (exact) mass is 270 g/mol. The molecule has 1 fully saturated rings. The van der Waals surface area contributed by atoms with Gasteiger partial charge in [-0.1, -0.05) is 6.08 Å². The second-order valence-corrected chi connectivity index (χ2v) is 4.91. The molecule has 1 unspecified atom stereocenters. The van der Waals surface area contributed by atoms with Crippen LogP contribution in [-0.2, 0) is 4.79 Å². The number of piperidine rings is 1. The predicted molar refractivity (Wildman–Crippen MR) is 70.8 cm³/mol. The molecule has 2 amide bonds. The zero-order valence-electron chi connectivity index (χ0n) is 11.3. The molecule has 1 aliphatic heterocycles. The summed E-state index contributed by atoms with van der Waals surface area (Å²) in [6.45, 7) is 6.31. The van der Waals surface area contributed by atoms with Gasteiger partial charge in [0.15, 0.2) is 0 Å². The zero-order chi connectivity index (χ0) is 14.4. The topological polar surface area (TPSA) is 81.1 Å². The second kappa shape index (κ2) is 7.13. The van der Waals surface area contributed by atoms with Gasteiger partial charge in [-0.25, -0.2) is 4.79 Å². The fourth-order valence-electron chi connectivity index (χ4n) is 2.30. The molecule has 0 radical (unpaired) electrons. The predicted octanol–water partition coefficient (Wildman–Crippen LogP) is 0.772. The van der Waals surface area contributed by atoms with E-state index in [0.29, 0.717) is 13.1 Å². The minimum atomic E-state index is -1.03. The minimum Gasteiger partial charge on any atom is -0.480 e. The van der Waals surface area contributed by atoms with Crippen molar-refractivity contribution < 1.29 is 19.8 Å². The summed E-state index contributed by atoms with van der Waals surface area (Å²) in [4.78, 5) is 25.8. The van der Waals surface area contributed by atoms with Gasteiger partial charge in [0.25, 0.3) is 0 Å². The Morgan fingerprint density at radius 3 is 2.47 bits per heavy atom. The maximum atomic E-state index is 12.2. The lowest BCUT2D eigenvalue weighted by Crippen LogP contribution is -2.49. The summed E-state index contributed by atoms with van der Waals surface area (Å²) < 4.78 is 0. The quantitative estimate of drug-likeness (QED) is 0.723. The van der Waals surface area contributed by atoms with Crippen molar-refractivity contribution in [1.82, 2.24) is 9.80 Å². The summed E-state index contributed by atoms with van der Waals surface area (Å²) in [5.74, 6) is -0.814. The van der Waals surface area contributed by atoms with E-state index in [1.54, 1.807) is 11.8 Å². The van der Waals surface area contributed by atoms with Crippen molar-refractivity contribution in [3.63, 3.8) is 0 Å². The van der Waals surface area contributed by atoms with Gasteiger partial charge in [-0.3, -0.25) is 4.79 Å². The molecule has 0 aromatic carbocycles. The molecule has 19 heavy (non-hydrogen) atoms. The van der Waals surface area contributed by atoms with E-state index in [-0.39, 0.29) is 31.1 Å². The smallest absolute Gasteiger partial charge is 0.323 e. The third kappa shape index (κ3) is 4.55. The van der Waals surface area contributed by atoms with E-state index in [4.69, 9.17) is 5.11 Å². The fraction of sp³-hybridized carbons (Fsp3) is 0.692. The van der Waals surface area contributed by atoms with Gasteiger partial charge in [-0.05, 0) is 25.7 Å². The summed E-state index contributed by atoms with van der Waals surface area (Å²) in [6.07, 6.45) is 2.65. The number of aliphatic hydroxyl groups excluding tert-OH is 1. The Labute approximate surface area is 113 Å². The number of nitrogens with zero attached hydrogens (tertiary/aromatic N) is 2. The van der Waals surface area contributed by atoms with E-state index in [1.165, 1.54) is 11.0 Å². The van der Waals surface area contributed by atoms with Gasteiger partial charge in [0, 0.05) is 19.6 Å². The maximum Gasteiger partial charge on any atom is 0.323 e. The Kier molecular flexibility index (Phi) is 5.82. The van der Waals surface area contributed by atoms with Crippen molar-refractivity contribution in [2.75, 3.05) is 26.2 Å². The van der Waals surface area contributed by atoms with Gasteiger partial charge in [0.05, 0.1) is 6.10 Å². The molecule has 0 aromatic rings. The third-order valence-electron chi connectivity index (χ3n) is 3.44. The van der Waals surface area contributed by atoms with Gasteiger partial charge in [-0.15, -0.1) is 6.58 Å². The van der Waals surface area contributed by atoms with E-state index in [1.807, 2.05) is 0 Å². The first kappa shape index (κ1) is 15.5. The lowest BCUT2D eigenvalue weighted by Gasteiger charge is -2.36. The molecule has 0 aliphatic carbocycles. The number of aliphatic hydroxyl groups is 1. The van der Waals surface area contributed by atoms with Gasteiger partial charge in [-0.2, -0.15) is 0 Å². The Morgan fingerprint density at radius 2 is 2.05 bits per heavy atom. The SMILES string of the molecule is C=CCN(CC(=O)O)C(=O)N1CCC(C(C)O)CC1. The van der Waals surface area contributed by atoms with E-state index in [0.717, 1.165) is 12.8 Å². The van der Waals surface area contributed by atoms with Crippen LogP contribution in [0.15, 0.2) is 12.7 Å². The molecule has 0 saturated carbocycles. The summed E-state index contributed by atoms with van der Waals surface area (Å²) >= 11 is 0. The molecular weight excluding hydrogens is 248 g/mol. The van der Waals surface area contributed by atoms with E-state index < -0.39 is 5.97 Å². The molecule has 6 heteroatoms. The highest BCUT2D eigenvalue weighted by molar-refractivity contribution is 5.80. The van der Waals surface area contributed by atoms with Crippen molar-refractivity contribution in [3.05, 3.63) is 12.7 Å². The highest BCUT2D eigenvalue weighted by Crippen LogP contribution is 2.21. The maximum absolute atomic E-state index is 12.2. The Hall–Kier alpha value is -1.56. The van der Waals surface area contributed by atoms with Crippen molar-refractivity contribution in [3.8, 4) is 0 Å². The number of carboxylic acids is 1. The highest BCUT2D eigenvalue weighted by Gasteiger charge is 2.28. The summed E-state index contributed by atoms with van der Waals surface area (Å²) in [6, 6.07) is -0.272. The number of amides is 2. The fourth-order valence-corrected chi connectivity index (χ4v) is 2.30. The van der Waals surface area contributed by atoms with Crippen LogP contribution in [0.3, 0.4) is 0 Å². The highest BCUT2D eigenvalue weighted by atomic mass is 16.4. The van der Waals surface area contributed by atoms with Crippen LogP contribution < -0.4 is 0 Å². The number of likely N-dealkylation sites (tertiary alicyclic amines) is 1. The molecule has 1 atom stereocenters. The standard InChI is InChI=1S/C13H22N2O4/c1-3-6-15(9-12(17)18)13(19)14-7-4-11(5-8-14)10(2)16/h3,10-11,16H,1,4-9H2,2H3,(H,17,18). The first-order valence-electron chi connectivity index (χ1n) is 6.50. The van der Waals surface area contributed by atoms with Crippen LogP contribution >= 0.6 is 0 Å². The van der Waals surface area contributed by atoms with E-state index in [2.05, 4.69) is 6.58 Å². The summed E-state index contributed by atoms with van der Waals surface area (Å²) in [5, 5.41) is 18.3. The lowest BCUT2D eigenvalue weighted by atomic mass is 9.92. The summed E-state index contributed by atoms with van der Waals surface area (Å²) in [5.41, 5.74) is 0. The first-order chi connectivity index (χ1) is 8.95. The Morgan fingerprint density at radius 1 is 1.47 bits per heavy atom. The van der Waals surface area contributed by atoms with Crippen molar-refractivity contribution in [2.45, 2.75) is 25.9 Å². The number of urea groups is 1. The number of carbonyl (C=O) groups is 2. The molecule has 1 heterocycles. The average molecular weight is 270 g/mol. The van der Waals surface area contributed by atoms with Gasteiger partial charge in [0.2, 0.25) is 0 Å². The van der Waals surface area contributed by atoms with Crippen LogP contribution in [0.5, 0.6) is 0 Å². The molecule has 6 nitrogen and oxygen atoms in total. The van der Waals surface area contributed by atoms with E-state index in [9.17, 15) is 14.7 Å².